The van der Waals surface area contributed by atoms with Crippen molar-refractivity contribution in [3.05, 3.63) is 16.6 Å². The van der Waals surface area contributed by atoms with E-state index in [0.717, 1.165) is 5.57 Å². The van der Waals surface area contributed by atoms with Crippen LogP contribution in [0.2, 0.25) is 0 Å². The van der Waals surface area contributed by atoms with Gasteiger partial charge in [-0.1, -0.05) is 5.16 Å². The van der Waals surface area contributed by atoms with E-state index in [2.05, 4.69) is 15.2 Å². The first kappa shape index (κ1) is 5.94. The van der Waals surface area contributed by atoms with Crippen LogP contribution in [0, 0.1) is 4.91 Å². The van der Waals surface area contributed by atoms with Gasteiger partial charge < -0.3 is 4.84 Å². The molecule has 0 amide bonds. The van der Waals surface area contributed by atoms with E-state index in [0.29, 0.717) is 6.61 Å². The number of hydrogen-bond donors (Lipinski definition) is 0. The summed E-state index contributed by atoms with van der Waals surface area (Å²) >= 11 is 0. The topological polar surface area (TPSA) is 51.0 Å². The van der Waals surface area contributed by atoms with Crippen LogP contribution >= 0.6 is 0 Å². The minimum absolute atomic E-state index is 0.140. The fourth-order valence-corrected chi connectivity index (χ4v) is 0.513. The largest absolute Gasteiger partial charge is 0.390 e. The van der Waals surface area contributed by atoms with Crippen LogP contribution in [0.4, 0.5) is 0 Å². The van der Waals surface area contributed by atoms with Crippen molar-refractivity contribution >= 4 is 5.84 Å². The molecule has 0 saturated carbocycles. The van der Waals surface area contributed by atoms with Gasteiger partial charge in [-0.05, 0) is 18.2 Å². The Morgan fingerprint density at radius 1 is 1.89 bits per heavy atom. The highest BCUT2D eigenvalue weighted by Crippen LogP contribution is 2.03. The summed E-state index contributed by atoms with van der Waals surface area (Å²) in [7, 11) is 0. The van der Waals surface area contributed by atoms with Crippen LogP contribution in [-0.2, 0) is 4.84 Å². The van der Waals surface area contributed by atoms with Crippen molar-refractivity contribution in [2.75, 3.05) is 6.61 Å². The van der Waals surface area contributed by atoms with E-state index in [1.165, 1.54) is 0 Å². The standard InChI is InChI=1S/C5H6N2O2/c1-4-2-3-9-7-5(4)6-8/h2H,3H2,1H3. The number of nitroso groups, excluding NO2 is 1. The summed E-state index contributed by atoms with van der Waals surface area (Å²) in [6.07, 6.45) is 1.75. The van der Waals surface area contributed by atoms with E-state index in [9.17, 15) is 4.91 Å². The van der Waals surface area contributed by atoms with Crippen LogP contribution in [0.5, 0.6) is 0 Å². The number of rotatable bonds is 0. The van der Waals surface area contributed by atoms with E-state index in [4.69, 9.17) is 0 Å². The molecular weight excluding hydrogens is 120 g/mol. The number of hydrogen-bond acceptors (Lipinski definition) is 4. The minimum Gasteiger partial charge on any atom is -0.390 e. The molecule has 1 aliphatic heterocycles. The summed E-state index contributed by atoms with van der Waals surface area (Å²) < 4.78 is 0. The molecule has 0 aromatic carbocycles. The maximum atomic E-state index is 9.87. The molecule has 0 unspecified atom stereocenters. The normalized spacial score (nSPS) is 17.4. The van der Waals surface area contributed by atoms with Gasteiger partial charge in [0.25, 0.3) is 0 Å². The van der Waals surface area contributed by atoms with E-state index < -0.39 is 0 Å². The van der Waals surface area contributed by atoms with E-state index >= 15 is 0 Å². The Labute approximate surface area is 52.2 Å². The summed E-state index contributed by atoms with van der Waals surface area (Å²) in [5.74, 6) is 0.140. The average Bonchev–Trinajstić information content (AvgIpc) is 1.89. The Morgan fingerprint density at radius 2 is 2.67 bits per heavy atom. The second kappa shape index (κ2) is 2.39. The van der Waals surface area contributed by atoms with E-state index in [1.807, 2.05) is 0 Å². The second-order valence-electron chi connectivity index (χ2n) is 1.69. The molecule has 0 aromatic rings. The molecule has 0 spiro atoms. The third-order valence-corrected chi connectivity index (χ3v) is 1.05. The highest BCUT2D eigenvalue weighted by atomic mass is 16.6. The van der Waals surface area contributed by atoms with Gasteiger partial charge in [0.2, 0.25) is 5.84 Å². The summed E-state index contributed by atoms with van der Waals surface area (Å²) in [4.78, 5) is 14.4. The Bertz CT molecular complexity index is 183. The molecule has 0 saturated heterocycles. The Hall–Kier alpha value is -1.19. The van der Waals surface area contributed by atoms with Crippen molar-refractivity contribution in [3.8, 4) is 0 Å². The third-order valence-electron chi connectivity index (χ3n) is 1.05. The SMILES string of the molecule is CC1=CCON=C1N=O. The van der Waals surface area contributed by atoms with Gasteiger partial charge >= 0.3 is 0 Å². The van der Waals surface area contributed by atoms with Gasteiger partial charge in [-0.15, -0.1) is 4.91 Å². The summed E-state index contributed by atoms with van der Waals surface area (Å²) in [6.45, 7) is 2.20. The zero-order chi connectivity index (χ0) is 6.69. The molecule has 0 fully saturated rings. The monoisotopic (exact) mass is 126 g/mol. The van der Waals surface area contributed by atoms with Crippen LogP contribution in [0.25, 0.3) is 0 Å². The molecule has 4 heteroatoms. The van der Waals surface area contributed by atoms with Gasteiger partial charge in [0, 0.05) is 5.57 Å². The molecule has 4 nitrogen and oxygen atoms in total. The summed E-state index contributed by atoms with van der Waals surface area (Å²) in [5.41, 5.74) is 0.774. The molecule has 1 rings (SSSR count). The van der Waals surface area contributed by atoms with Crippen LogP contribution in [-0.4, -0.2) is 12.4 Å². The maximum Gasteiger partial charge on any atom is 0.237 e. The van der Waals surface area contributed by atoms with Gasteiger partial charge in [0.15, 0.2) is 0 Å². The zero-order valence-corrected chi connectivity index (χ0v) is 5.00. The van der Waals surface area contributed by atoms with E-state index in [1.54, 1.807) is 13.0 Å². The molecule has 0 N–H and O–H groups in total. The highest BCUT2D eigenvalue weighted by Gasteiger charge is 2.05. The molecule has 1 aliphatic rings. The lowest BCUT2D eigenvalue weighted by atomic mass is 10.2. The van der Waals surface area contributed by atoms with Crippen molar-refractivity contribution in [3.63, 3.8) is 0 Å². The second-order valence-corrected chi connectivity index (χ2v) is 1.69. The molecule has 0 aromatic heterocycles. The molecule has 48 valence electrons. The van der Waals surface area contributed by atoms with Crippen LogP contribution in [0.1, 0.15) is 6.92 Å². The van der Waals surface area contributed by atoms with Gasteiger partial charge in [-0.25, -0.2) is 0 Å². The third kappa shape index (κ3) is 1.13. The van der Waals surface area contributed by atoms with Gasteiger partial charge in [0.05, 0.1) is 0 Å². The first-order valence-electron chi connectivity index (χ1n) is 2.55. The smallest absolute Gasteiger partial charge is 0.237 e. The molecule has 0 atom stereocenters. The zero-order valence-electron chi connectivity index (χ0n) is 5.00. The Kier molecular flexibility index (Phi) is 1.58. The number of oxime groups is 1. The average molecular weight is 126 g/mol. The number of amidine groups is 1. The minimum atomic E-state index is 0.140. The molecule has 0 bridgehead atoms. The van der Waals surface area contributed by atoms with Gasteiger partial charge in [0.1, 0.15) is 6.61 Å². The first-order valence-corrected chi connectivity index (χ1v) is 2.55. The predicted molar refractivity (Wildman–Crippen MR) is 32.9 cm³/mol. The van der Waals surface area contributed by atoms with Crippen LogP contribution < -0.4 is 0 Å². The fraction of sp³-hybridized carbons (Fsp3) is 0.400. The molecule has 9 heavy (non-hydrogen) atoms. The highest BCUT2D eigenvalue weighted by molar-refractivity contribution is 5.98. The lowest BCUT2D eigenvalue weighted by Crippen LogP contribution is -2.03. The molecular formula is C5H6N2O2. The Morgan fingerprint density at radius 3 is 3.11 bits per heavy atom. The van der Waals surface area contributed by atoms with Crippen molar-refractivity contribution in [2.24, 2.45) is 10.3 Å². The number of nitrogens with zero attached hydrogens (tertiary/aromatic N) is 2. The quantitative estimate of drug-likeness (QED) is 0.455. The van der Waals surface area contributed by atoms with Gasteiger partial charge in [-0.3, -0.25) is 0 Å². The fourth-order valence-electron chi connectivity index (χ4n) is 0.513. The van der Waals surface area contributed by atoms with Crippen LogP contribution in [0.3, 0.4) is 0 Å². The lowest BCUT2D eigenvalue weighted by molar-refractivity contribution is 0.170. The molecule has 0 aliphatic carbocycles. The van der Waals surface area contributed by atoms with Crippen molar-refractivity contribution in [1.82, 2.24) is 0 Å². The van der Waals surface area contributed by atoms with Crippen molar-refractivity contribution in [1.29, 1.82) is 0 Å². The molecule has 1 heterocycles. The predicted octanol–water partition coefficient (Wildman–Crippen LogP) is 1.04. The Balaban J connectivity index is 2.79. The van der Waals surface area contributed by atoms with Crippen molar-refractivity contribution < 1.29 is 4.84 Å². The van der Waals surface area contributed by atoms with Crippen molar-refractivity contribution in [2.45, 2.75) is 6.92 Å². The maximum absolute atomic E-state index is 9.87. The lowest BCUT2D eigenvalue weighted by Gasteiger charge is -2.02. The molecule has 0 radical (unpaired) electrons. The van der Waals surface area contributed by atoms with Gasteiger partial charge in [-0.2, -0.15) is 0 Å². The summed E-state index contributed by atoms with van der Waals surface area (Å²) in [6, 6.07) is 0. The van der Waals surface area contributed by atoms with Crippen LogP contribution in [0.15, 0.2) is 22.0 Å². The first-order chi connectivity index (χ1) is 4.34. The summed E-state index contributed by atoms with van der Waals surface area (Å²) in [5, 5.41) is 6.03. The van der Waals surface area contributed by atoms with E-state index in [-0.39, 0.29) is 5.84 Å².